The number of anilines is 1. The molecule has 0 spiro atoms. The molecular weight excluding hydrogens is 366 g/mol. The lowest BCUT2D eigenvalue weighted by atomic mass is 10.0. The first-order valence-electron chi connectivity index (χ1n) is 9.22. The molecule has 1 unspecified atom stereocenters. The number of ether oxygens (including phenoxy) is 1. The summed E-state index contributed by atoms with van der Waals surface area (Å²) in [6.07, 6.45) is -0.928. The van der Waals surface area contributed by atoms with Gasteiger partial charge in [-0.2, -0.15) is 0 Å². The Labute approximate surface area is 169 Å². The summed E-state index contributed by atoms with van der Waals surface area (Å²) in [7, 11) is 0. The summed E-state index contributed by atoms with van der Waals surface area (Å²) in [6, 6.07) is 23.3. The summed E-state index contributed by atoms with van der Waals surface area (Å²) in [5, 5.41) is 2.63. The van der Waals surface area contributed by atoms with Gasteiger partial charge in [-0.25, -0.2) is 4.79 Å². The topological polar surface area (TPSA) is 72.5 Å². The molecule has 1 atom stereocenters. The summed E-state index contributed by atoms with van der Waals surface area (Å²) in [5.74, 6) is -1.06. The Bertz CT molecular complexity index is 1010. The van der Waals surface area contributed by atoms with Crippen LogP contribution < -0.4 is 5.32 Å². The summed E-state index contributed by atoms with van der Waals surface area (Å²) in [5.41, 5.74) is 3.42. The maximum atomic E-state index is 12.5. The van der Waals surface area contributed by atoms with Crippen molar-refractivity contribution in [3.8, 4) is 11.1 Å². The van der Waals surface area contributed by atoms with Gasteiger partial charge in [0.25, 0.3) is 0 Å². The van der Waals surface area contributed by atoms with Gasteiger partial charge in [-0.1, -0.05) is 42.5 Å². The lowest BCUT2D eigenvalue weighted by Gasteiger charge is -2.13. The molecular formula is C24H21NO4. The molecule has 0 aromatic heterocycles. The SMILES string of the molecule is CC(=O)Nc1ccc(C(=O)C(C)OC(=O)c2ccc(-c3ccccc3)cc2)cc1. The number of carbonyl (C=O) groups excluding carboxylic acids is 3. The fourth-order valence-electron chi connectivity index (χ4n) is 2.87. The minimum Gasteiger partial charge on any atom is -0.451 e. The molecule has 0 aliphatic carbocycles. The van der Waals surface area contributed by atoms with Crippen molar-refractivity contribution in [2.75, 3.05) is 5.32 Å². The second-order valence-electron chi connectivity index (χ2n) is 6.61. The van der Waals surface area contributed by atoms with Crippen LogP contribution in [0, 0.1) is 0 Å². The fraction of sp³-hybridized carbons (Fsp3) is 0.125. The van der Waals surface area contributed by atoms with E-state index in [-0.39, 0.29) is 11.7 Å². The third kappa shape index (κ3) is 5.17. The summed E-state index contributed by atoms with van der Waals surface area (Å²) in [6.45, 7) is 2.95. The van der Waals surface area contributed by atoms with Gasteiger partial charge in [0.15, 0.2) is 6.10 Å². The van der Waals surface area contributed by atoms with Crippen molar-refractivity contribution in [1.29, 1.82) is 0 Å². The quantitative estimate of drug-likeness (QED) is 0.490. The van der Waals surface area contributed by atoms with E-state index >= 15 is 0 Å². The third-order valence-electron chi connectivity index (χ3n) is 4.37. The van der Waals surface area contributed by atoms with Crippen LogP contribution in [-0.2, 0) is 9.53 Å². The molecule has 3 rings (SSSR count). The molecule has 0 radical (unpaired) electrons. The van der Waals surface area contributed by atoms with Crippen LogP contribution in [0.5, 0.6) is 0 Å². The van der Waals surface area contributed by atoms with Crippen LogP contribution in [0.1, 0.15) is 34.6 Å². The number of rotatable bonds is 6. The van der Waals surface area contributed by atoms with E-state index in [1.807, 2.05) is 42.5 Å². The Kier molecular flexibility index (Phi) is 6.19. The van der Waals surface area contributed by atoms with Crippen LogP contribution in [0.25, 0.3) is 11.1 Å². The molecule has 0 heterocycles. The van der Waals surface area contributed by atoms with E-state index in [2.05, 4.69) is 5.32 Å². The molecule has 0 saturated carbocycles. The zero-order chi connectivity index (χ0) is 20.8. The lowest BCUT2D eigenvalue weighted by molar-refractivity contribution is -0.114. The summed E-state index contributed by atoms with van der Waals surface area (Å²) in [4.78, 5) is 36.0. The molecule has 0 fully saturated rings. The second kappa shape index (κ2) is 8.97. The van der Waals surface area contributed by atoms with Gasteiger partial charge in [0.05, 0.1) is 5.56 Å². The number of benzene rings is 3. The number of hydrogen-bond acceptors (Lipinski definition) is 4. The minimum atomic E-state index is -0.928. The largest absolute Gasteiger partial charge is 0.451 e. The number of amides is 1. The molecule has 146 valence electrons. The molecule has 5 nitrogen and oxygen atoms in total. The predicted octanol–water partition coefficient (Wildman–Crippen LogP) is 4.74. The normalized spacial score (nSPS) is 11.4. The highest BCUT2D eigenvalue weighted by Gasteiger charge is 2.20. The number of hydrogen-bond donors (Lipinski definition) is 1. The molecule has 0 aliphatic rings. The predicted molar refractivity (Wildman–Crippen MR) is 112 cm³/mol. The van der Waals surface area contributed by atoms with Crippen LogP contribution in [0.4, 0.5) is 5.69 Å². The van der Waals surface area contributed by atoms with Crippen molar-refractivity contribution in [2.45, 2.75) is 20.0 Å². The molecule has 3 aromatic rings. The molecule has 0 saturated heterocycles. The Morgan fingerprint density at radius 3 is 1.90 bits per heavy atom. The third-order valence-corrected chi connectivity index (χ3v) is 4.37. The highest BCUT2D eigenvalue weighted by Crippen LogP contribution is 2.20. The van der Waals surface area contributed by atoms with Gasteiger partial charge in [-0.05, 0) is 54.4 Å². The molecule has 3 aromatic carbocycles. The number of ketones is 1. The molecule has 5 heteroatoms. The van der Waals surface area contributed by atoms with Gasteiger partial charge < -0.3 is 10.1 Å². The van der Waals surface area contributed by atoms with Gasteiger partial charge in [0.1, 0.15) is 0 Å². The van der Waals surface area contributed by atoms with Gasteiger partial charge in [-0.15, -0.1) is 0 Å². The molecule has 0 bridgehead atoms. The summed E-state index contributed by atoms with van der Waals surface area (Å²) < 4.78 is 5.33. The van der Waals surface area contributed by atoms with Crippen molar-refractivity contribution in [1.82, 2.24) is 0 Å². The minimum absolute atomic E-state index is 0.190. The molecule has 1 amide bonds. The number of carbonyl (C=O) groups is 3. The van der Waals surface area contributed by atoms with Crippen molar-refractivity contribution in [3.05, 3.63) is 90.0 Å². The smallest absolute Gasteiger partial charge is 0.338 e. The average Bonchev–Trinajstić information content (AvgIpc) is 2.74. The number of Topliss-reactive ketones (excluding diaryl/α,β-unsaturated/α-hetero) is 1. The number of nitrogens with one attached hydrogen (secondary N) is 1. The van der Waals surface area contributed by atoms with E-state index in [1.54, 1.807) is 43.3 Å². The fourth-order valence-corrected chi connectivity index (χ4v) is 2.87. The molecule has 29 heavy (non-hydrogen) atoms. The first-order chi connectivity index (χ1) is 13.9. The monoisotopic (exact) mass is 387 g/mol. The maximum Gasteiger partial charge on any atom is 0.338 e. The van der Waals surface area contributed by atoms with Crippen molar-refractivity contribution in [2.24, 2.45) is 0 Å². The van der Waals surface area contributed by atoms with Crippen LogP contribution in [0.15, 0.2) is 78.9 Å². The van der Waals surface area contributed by atoms with Crippen molar-refractivity contribution in [3.63, 3.8) is 0 Å². The second-order valence-corrected chi connectivity index (χ2v) is 6.61. The van der Waals surface area contributed by atoms with Crippen molar-refractivity contribution >= 4 is 23.3 Å². The zero-order valence-electron chi connectivity index (χ0n) is 16.2. The Morgan fingerprint density at radius 2 is 1.31 bits per heavy atom. The first kappa shape index (κ1) is 20.0. The lowest BCUT2D eigenvalue weighted by Crippen LogP contribution is -2.24. The number of esters is 1. The van der Waals surface area contributed by atoms with E-state index in [0.717, 1.165) is 11.1 Å². The zero-order valence-corrected chi connectivity index (χ0v) is 16.2. The van der Waals surface area contributed by atoms with Gasteiger partial charge >= 0.3 is 5.97 Å². The average molecular weight is 387 g/mol. The van der Waals surface area contributed by atoms with Crippen LogP contribution in [0.3, 0.4) is 0 Å². The summed E-state index contributed by atoms with van der Waals surface area (Å²) >= 11 is 0. The highest BCUT2D eigenvalue weighted by atomic mass is 16.5. The Balaban J connectivity index is 1.63. The van der Waals surface area contributed by atoms with E-state index in [1.165, 1.54) is 6.92 Å². The molecule has 0 aliphatic heterocycles. The van der Waals surface area contributed by atoms with E-state index < -0.39 is 12.1 Å². The van der Waals surface area contributed by atoms with Crippen LogP contribution >= 0.6 is 0 Å². The van der Waals surface area contributed by atoms with Gasteiger partial charge in [0.2, 0.25) is 11.7 Å². The van der Waals surface area contributed by atoms with E-state index in [0.29, 0.717) is 16.8 Å². The van der Waals surface area contributed by atoms with E-state index in [4.69, 9.17) is 4.74 Å². The van der Waals surface area contributed by atoms with Crippen LogP contribution in [0.2, 0.25) is 0 Å². The van der Waals surface area contributed by atoms with Crippen molar-refractivity contribution < 1.29 is 19.1 Å². The molecule has 1 N–H and O–H groups in total. The van der Waals surface area contributed by atoms with E-state index in [9.17, 15) is 14.4 Å². The Hall–Kier alpha value is -3.73. The Morgan fingerprint density at radius 1 is 0.759 bits per heavy atom. The van der Waals surface area contributed by atoms with Gasteiger partial charge in [0, 0.05) is 18.2 Å². The van der Waals surface area contributed by atoms with Crippen LogP contribution in [-0.4, -0.2) is 23.8 Å². The standard InChI is InChI=1S/C24H21NO4/c1-16(23(27)20-12-14-22(15-13-20)25-17(2)26)29-24(28)21-10-8-19(9-11-21)18-6-4-3-5-7-18/h3-16H,1-2H3,(H,25,26). The van der Waals surface area contributed by atoms with Gasteiger partial charge in [-0.3, -0.25) is 9.59 Å². The highest BCUT2D eigenvalue weighted by molar-refractivity contribution is 6.02. The maximum absolute atomic E-state index is 12.5. The first-order valence-corrected chi connectivity index (χ1v) is 9.22.